The van der Waals surface area contributed by atoms with Crippen LogP contribution < -0.4 is 5.32 Å². The highest BCUT2D eigenvalue weighted by atomic mass is 35.5. The smallest absolute Gasteiger partial charge is 0.416 e. The second-order valence-electron chi connectivity index (χ2n) is 4.75. The van der Waals surface area contributed by atoms with Crippen LogP contribution in [0.25, 0.3) is 17.4 Å². The van der Waals surface area contributed by atoms with E-state index in [2.05, 4.69) is 5.32 Å². The van der Waals surface area contributed by atoms with Crippen LogP contribution >= 0.6 is 35.6 Å². The van der Waals surface area contributed by atoms with E-state index in [-0.39, 0.29) is 22.3 Å². The third-order valence-corrected chi connectivity index (χ3v) is 4.59. The molecule has 1 aromatic carbocycles. The predicted octanol–water partition coefficient (Wildman–Crippen LogP) is 5.11. The average molecular weight is 390 g/mol. The molecule has 2 heterocycles. The van der Waals surface area contributed by atoms with Gasteiger partial charge in [-0.25, -0.2) is 0 Å². The highest BCUT2D eigenvalue weighted by Crippen LogP contribution is 2.37. The van der Waals surface area contributed by atoms with Crippen molar-refractivity contribution < 1.29 is 22.4 Å². The zero-order valence-electron chi connectivity index (χ0n) is 11.6. The first-order valence-corrected chi connectivity index (χ1v) is 8.06. The Morgan fingerprint density at radius 2 is 2.00 bits per heavy atom. The molecule has 0 atom stereocenters. The maximum Gasteiger partial charge on any atom is 0.416 e. The average Bonchev–Trinajstić information content (AvgIpc) is 3.05. The fourth-order valence-corrected chi connectivity index (χ4v) is 3.25. The second-order valence-corrected chi connectivity index (χ2v) is 6.87. The maximum atomic E-state index is 12.8. The SMILES string of the molecule is O=C1NC(=S)S/C1=C/c1ccc(-c2cc(C(F)(F)F)ccc2Cl)o1. The second kappa shape index (κ2) is 6.27. The van der Waals surface area contributed by atoms with Crippen molar-refractivity contribution in [2.75, 3.05) is 0 Å². The molecule has 0 saturated carbocycles. The molecule has 1 aromatic heterocycles. The first kappa shape index (κ1) is 17.1. The van der Waals surface area contributed by atoms with Crippen molar-refractivity contribution in [3.05, 3.63) is 51.6 Å². The van der Waals surface area contributed by atoms with Crippen LogP contribution in [0.15, 0.2) is 39.7 Å². The number of furan rings is 1. The fourth-order valence-electron chi connectivity index (χ4n) is 2.02. The van der Waals surface area contributed by atoms with Crippen molar-refractivity contribution in [1.29, 1.82) is 0 Å². The molecule has 1 amide bonds. The van der Waals surface area contributed by atoms with Crippen LogP contribution in [0, 0.1) is 0 Å². The van der Waals surface area contributed by atoms with Gasteiger partial charge in [0.15, 0.2) is 0 Å². The summed E-state index contributed by atoms with van der Waals surface area (Å²) in [6.45, 7) is 0. The summed E-state index contributed by atoms with van der Waals surface area (Å²) in [7, 11) is 0. The molecule has 124 valence electrons. The molecule has 1 saturated heterocycles. The van der Waals surface area contributed by atoms with Gasteiger partial charge in [-0.1, -0.05) is 35.6 Å². The Labute approximate surface area is 148 Å². The Morgan fingerprint density at radius 3 is 2.62 bits per heavy atom. The van der Waals surface area contributed by atoms with E-state index in [0.29, 0.717) is 15.0 Å². The van der Waals surface area contributed by atoms with Crippen LogP contribution in [0.2, 0.25) is 5.02 Å². The number of carbonyl (C=O) groups excluding carboxylic acids is 1. The summed E-state index contributed by atoms with van der Waals surface area (Å²) in [5, 5.41) is 2.59. The van der Waals surface area contributed by atoms with Gasteiger partial charge in [-0.05, 0) is 30.3 Å². The summed E-state index contributed by atoms with van der Waals surface area (Å²) in [5.74, 6) is 0.129. The molecule has 0 unspecified atom stereocenters. The number of alkyl halides is 3. The number of hydrogen-bond donors (Lipinski definition) is 1. The third kappa shape index (κ3) is 3.50. The van der Waals surface area contributed by atoms with Crippen LogP contribution in [0.1, 0.15) is 11.3 Å². The lowest BCUT2D eigenvalue weighted by atomic mass is 10.1. The molecule has 0 aliphatic carbocycles. The molecule has 2 aromatic rings. The Balaban J connectivity index is 1.95. The fraction of sp³-hybridized carbons (Fsp3) is 0.0667. The van der Waals surface area contributed by atoms with E-state index in [9.17, 15) is 18.0 Å². The molecule has 1 fully saturated rings. The summed E-state index contributed by atoms with van der Waals surface area (Å²) in [5.41, 5.74) is -0.704. The van der Waals surface area contributed by atoms with Gasteiger partial charge in [-0.15, -0.1) is 0 Å². The predicted molar refractivity (Wildman–Crippen MR) is 90.5 cm³/mol. The van der Waals surface area contributed by atoms with Gasteiger partial charge in [0.1, 0.15) is 15.8 Å². The van der Waals surface area contributed by atoms with E-state index in [1.807, 2.05) is 0 Å². The molecule has 24 heavy (non-hydrogen) atoms. The number of rotatable bonds is 2. The Morgan fingerprint density at radius 1 is 1.25 bits per heavy atom. The molecule has 9 heteroatoms. The van der Waals surface area contributed by atoms with E-state index < -0.39 is 11.7 Å². The van der Waals surface area contributed by atoms with Crippen LogP contribution in [-0.4, -0.2) is 10.2 Å². The number of thiocarbonyl (C=S) groups is 1. The molecule has 0 bridgehead atoms. The molecular weight excluding hydrogens is 383 g/mol. The Hall–Kier alpha value is -1.77. The van der Waals surface area contributed by atoms with Gasteiger partial charge >= 0.3 is 6.18 Å². The minimum Gasteiger partial charge on any atom is -0.457 e. The van der Waals surface area contributed by atoms with Gasteiger partial charge in [0.2, 0.25) is 0 Å². The summed E-state index contributed by atoms with van der Waals surface area (Å²) in [6.07, 6.45) is -3.02. The minimum atomic E-state index is -4.48. The van der Waals surface area contributed by atoms with Gasteiger partial charge in [-0.3, -0.25) is 4.79 Å². The molecule has 3 rings (SSSR count). The van der Waals surface area contributed by atoms with Gasteiger partial charge in [0.25, 0.3) is 5.91 Å². The van der Waals surface area contributed by atoms with Crippen LogP contribution in [0.3, 0.4) is 0 Å². The van der Waals surface area contributed by atoms with Crippen molar-refractivity contribution in [3.8, 4) is 11.3 Å². The number of benzene rings is 1. The molecule has 0 radical (unpaired) electrons. The van der Waals surface area contributed by atoms with E-state index in [1.165, 1.54) is 24.3 Å². The van der Waals surface area contributed by atoms with Crippen molar-refractivity contribution in [2.24, 2.45) is 0 Å². The van der Waals surface area contributed by atoms with Crippen molar-refractivity contribution in [1.82, 2.24) is 5.32 Å². The maximum absolute atomic E-state index is 12.8. The normalized spacial score (nSPS) is 16.8. The molecule has 1 aliphatic heterocycles. The van der Waals surface area contributed by atoms with Crippen molar-refractivity contribution in [2.45, 2.75) is 6.18 Å². The summed E-state index contributed by atoms with van der Waals surface area (Å²) in [4.78, 5) is 11.9. The Kier molecular flexibility index (Phi) is 4.46. The van der Waals surface area contributed by atoms with Gasteiger partial charge in [0.05, 0.1) is 15.5 Å². The zero-order chi connectivity index (χ0) is 17.5. The van der Waals surface area contributed by atoms with E-state index in [0.717, 1.165) is 23.9 Å². The first-order chi connectivity index (χ1) is 11.2. The number of carbonyl (C=O) groups is 1. The summed E-state index contributed by atoms with van der Waals surface area (Å²) < 4.78 is 44.3. The van der Waals surface area contributed by atoms with Gasteiger partial charge < -0.3 is 9.73 Å². The molecular formula is C15H7ClF3NO2S2. The van der Waals surface area contributed by atoms with E-state index in [1.54, 1.807) is 0 Å². The summed E-state index contributed by atoms with van der Waals surface area (Å²) in [6, 6.07) is 6.01. The summed E-state index contributed by atoms with van der Waals surface area (Å²) >= 11 is 11.9. The Bertz CT molecular complexity index is 874. The number of halogens is 4. The number of thioether (sulfide) groups is 1. The largest absolute Gasteiger partial charge is 0.457 e. The molecule has 1 aliphatic rings. The van der Waals surface area contributed by atoms with Crippen LogP contribution in [-0.2, 0) is 11.0 Å². The van der Waals surface area contributed by atoms with Crippen LogP contribution in [0.4, 0.5) is 13.2 Å². The molecule has 0 spiro atoms. The minimum absolute atomic E-state index is 0.121. The van der Waals surface area contributed by atoms with E-state index in [4.69, 9.17) is 28.2 Å². The third-order valence-electron chi connectivity index (χ3n) is 3.10. The number of hydrogen-bond acceptors (Lipinski definition) is 4. The van der Waals surface area contributed by atoms with Gasteiger partial charge in [-0.2, -0.15) is 13.2 Å². The van der Waals surface area contributed by atoms with Crippen LogP contribution in [0.5, 0.6) is 0 Å². The van der Waals surface area contributed by atoms with Crippen molar-refractivity contribution >= 4 is 51.9 Å². The van der Waals surface area contributed by atoms with Gasteiger partial charge in [0, 0.05) is 11.6 Å². The molecule has 1 N–H and O–H groups in total. The molecule has 3 nitrogen and oxygen atoms in total. The standard InChI is InChI=1S/C15H7ClF3NO2S2/c16-10-3-1-7(15(17,18)19)5-9(10)11-4-2-8(22-11)6-12-13(21)20-14(23)24-12/h1-6H,(H,20,21,23)/b12-6+. The lowest BCUT2D eigenvalue weighted by Crippen LogP contribution is -2.17. The highest BCUT2D eigenvalue weighted by Gasteiger charge is 2.31. The first-order valence-electron chi connectivity index (χ1n) is 6.46. The highest BCUT2D eigenvalue weighted by molar-refractivity contribution is 8.26. The lowest BCUT2D eigenvalue weighted by molar-refractivity contribution is -0.137. The lowest BCUT2D eigenvalue weighted by Gasteiger charge is -2.09. The quantitative estimate of drug-likeness (QED) is 0.572. The van der Waals surface area contributed by atoms with E-state index >= 15 is 0 Å². The van der Waals surface area contributed by atoms with Crippen molar-refractivity contribution in [3.63, 3.8) is 0 Å². The number of amides is 1. The topological polar surface area (TPSA) is 42.2 Å². The number of nitrogens with one attached hydrogen (secondary N) is 1. The zero-order valence-corrected chi connectivity index (χ0v) is 14.0. The monoisotopic (exact) mass is 389 g/mol.